The molecule has 1 saturated heterocycles. The average Bonchev–Trinajstić information content (AvgIpc) is 3.16. The molecule has 168 valence electrons. The highest BCUT2D eigenvalue weighted by Crippen LogP contribution is 2.31. The van der Waals surface area contributed by atoms with Gasteiger partial charge in [0.05, 0.1) is 17.5 Å². The molecule has 0 spiro atoms. The van der Waals surface area contributed by atoms with Crippen molar-refractivity contribution in [1.82, 2.24) is 4.90 Å². The third kappa shape index (κ3) is 4.73. The van der Waals surface area contributed by atoms with E-state index in [9.17, 15) is 23.3 Å². The largest absolute Gasteiger partial charge is 0.489 e. The maximum absolute atomic E-state index is 13.2. The molecule has 0 bridgehead atoms. The molecule has 0 aliphatic carbocycles. The van der Waals surface area contributed by atoms with Crippen LogP contribution in [0.1, 0.15) is 24.5 Å². The number of carbonyl (C=O) groups is 2. The number of imide groups is 1. The summed E-state index contributed by atoms with van der Waals surface area (Å²) in [6, 6.07) is 18.0. The van der Waals surface area contributed by atoms with Crippen LogP contribution >= 0.6 is 0 Å². The van der Waals surface area contributed by atoms with Crippen LogP contribution < -0.4 is 4.74 Å². The van der Waals surface area contributed by atoms with Crippen molar-refractivity contribution >= 4 is 27.7 Å². The molecule has 33 heavy (non-hydrogen) atoms. The van der Waals surface area contributed by atoms with Gasteiger partial charge >= 0.3 is 0 Å². The van der Waals surface area contributed by atoms with Gasteiger partial charge in [-0.25, -0.2) is 8.42 Å². The predicted octanol–water partition coefficient (Wildman–Crippen LogP) is 3.04. The summed E-state index contributed by atoms with van der Waals surface area (Å²) in [5.74, 6) is -1.01. The van der Waals surface area contributed by atoms with Gasteiger partial charge in [0.2, 0.25) is 0 Å². The highest BCUT2D eigenvalue weighted by molar-refractivity contribution is 7.91. The monoisotopic (exact) mass is 462 g/mol. The first-order valence-electron chi connectivity index (χ1n) is 10.5. The quantitative estimate of drug-likeness (QED) is 0.500. The number of sulfone groups is 1. The third-order valence-electron chi connectivity index (χ3n) is 5.79. The van der Waals surface area contributed by atoms with Crippen LogP contribution in [-0.4, -0.2) is 42.7 Å². The first-order valence-corrected chi connectivity index (χ1v) is 12.3. The van der Waals surface area contributed by atoms with Gasteiger partial charge in [-0.15, -0.1) is 0 Å². The smallest absolute Gasteiger partial charge is 0.271 e. The predicted molar refractivity (Wildman–Crippen MR) is 122 cm³/mol. The minimum atomic E-state index is -3.31. The first kappa shape index (κ1) is 22.5. The van der Waals surface area contributed by atoms with E-state index >= 15 is 0 Å². The van der Waals surface area contributed by atoms with Crippen molar-refractivity contribution in [2.45, 2.75) is 26.0 Å². The Labute approximate surface area is 192 Å². The third-order valence-corrected chi connectivity index (χ3v) is 7.54. The normalized spacial score (nSPS) is 21.4. The molecular formula is C25H22N2O5S. The van der Waals surface area contributed by atoms with Gasteiger partial charge in [-0.05, 0) is 48.3 Å². The highest BCUT2D eigenvalue weighted by atomic mass is 32.2. The minimum Gasteiger partial charge on any atom is -0.489 e. The Morgan fingerprint density at radius 1 is 1.09 bits per heavy atom. The summed E-state index contributed by atoms with van der Waals surface area (Å²) in [5.41, 5.74) is 2.07. The van der Waals surface area contributed by atoms with Crippen LogP contribution in [0.2, 0.25) is 0 Å². The molecule has 2 heterocycles. The van der Waals surface area contributed by atoms with Crippen molar-refractivity contribution in [3.05, 3.63) is 82.4 Å². The molecule has 7 nitrogen and oxygen atoms in total. The number of nitrogens with zero attached hydrogens (tertiary/aromatic N) is 2. The maximum atomic E-state index is 13.2. The number of nitriles is 1. The molecule has 0 radical (unpaired) electrons. The molecule has 0 aromatic heterocycles. The Hall–Kier alpha value is -3.70. The maximum Gasteiger partial charge on any atom is 0.271 e. The number of hydrogen-bond acceptors (Lipinski definition) is 6. The van der Waals surface area contributed by atoms with E-state index in [4.69, 9.17) is 4.74 Å². The molecule has 1 unspecified atom stereocenters. The fourth-order valence-electron chi connectivity index (χ4n) is 3.98. The van der Waals surface area contributed by atoms with Crippen LogP contribution in [0.3, 0.4) is 0 Å². The lowest BCUT2D eigenvalue weighted by Crippen LogP contribution is -2.49. The van der Waals surface area contributed by atoms with Crippen LogP contribution in [0, 0.1) is 11.3 Å². The van der Waals surface area contributed by atoms with Crippen LogP contribution in [0.25, 0.3) is 6.08 Å². The van der Waals surface area contributed by atoms with Crippen LogP contribution in [0.4, 0.5) is 0 Å². The van der Waals surface area contributed by atoms with Gasteiger partial charge in [0.15, 0.2) is 9.84 Å². The fourth-order valence-corrected chi connectivity index (χ4v) is 5.68. The molecule has 2 aromatic carbocycles. The zero-order chi connectivity index (χ0) is 23.6. The summed E-state index contributed by atoms with van der Waals surface area (Å²) < 4.78 is 29.6. The molecule has 2 aliphatic rings. The lowest BCUT2D eigenvalue weighted by atomic mass is 9.92. The number of hydrogen-bond donors (Lipinski definition) is 0. The summed E-state index contributed by atoms with van der Waals surface area (Å²) in [5, 5.41) is 9.53. The van der Waals surface area contributed by atoms with Crippen molar-refractivity contribution in [3.63, 3.8) is 0 Å². The van der Waals surface area contributed by atoms with Gasteiger partial charge in [0.25, 0.3) is 11.8 Å². The van der Waals surface area contributed by atoms with E-state index in [-0.39, 0.29) is 34.6 Å². The summed E-state index contributed by atoms with van der Waals surface area (Å²) in [6.45, 7) is 1.98. The van der Waals surface area contributed by atoms with Crippen molar-refractivity contribution < 1.29 is 22.7 Å². The second-order valence-electron chi connectivity index (χ2n) is 8.05. The number of amides is 2. The van der Waals surface area contributed by atoms with E-state index in [0.29, 0.717) is 17.9 Å². The van der Waals surface area contributed by atoms with Crippen molar-refractivity contribution in [2.24, 2.45) is 0 Å². The Balaban J connectivity index is 1.59. The van der Waals surface area contributed by atoms with Crippen molar-refractivity contribution in [2.75, 3.05) is 11.5 Å². The topological polar surface area (TPSA) is 105 Å². The van der Waals surface area contributed by atoms with E-state index in [1.807, 2.05) is 36.4 Å². The molecule has 1 atom stereocenters. The molecule has 1 fully saturated rings. The van der Waals surface area contributed by atoms with E-state index in [1.54, 1.807) is 37.3 Å². The fraction of sp³-hybridized carbons (Fsp3) is 0.240. The Morgan fingerprint density at radius 3 is 2.39 bits per heavy atom. The molecule has 2 amide bonds. The van der Waals surface area contributed by atoms with Gasteiger partial charge in [0, 0.05) is 5.57 Å². The Kier molecular flexibility index (Phi) is 6.16. The minimum absolute atomic E-state index is 0.0806. The Morgan fingerprint density at radius 2 is 1.79 bits per heavy atom. The lowest BCUT2D eigenvalue weighted by molar-refractivity contribution is -0.142. The van der Waals surface area contributed by atoms with Gasteiger partial charge < -0.3 is 4.74 Å². The summed E-state index contributed by atoms with van der Waals surface area (Å²) in [7, 11) is -3.31. The van der Waals surface area contributed by atoms with Crippen LogP contribution in [-0.2, 0) is 26.0 Å². The summed E-state index contributed by atoms with van der Waals surface area (Å²) in [6.07, 6.45) is 1.79. The zero-order valence-electron chi connectivity index (χ0n) is 18.0. The molecule has 2 aromatic rings. The summed E-state index contributed by atoms with van der Waals surface area (Å²) in [4.78, 5) is 26.9. The van der Waals surface area contributed by atoms with Crippen LogP contribution in [0.5, 0.6) is 5.75 Å². The van der Waals surface area contributed by atoms with Gasteiger partial charge in [0.1, 0.15) is 24.0 Å². The molecule has 2 aliphatic heterocycles. The van der Waals surface area contributed by atoms with Gasteiger partial charge in [-0.3, -0.25) is 14.5 Å². The lowest BCUT2D eigenvalue weighted by Gasteiger charge is -2.31. The van der Waals surface area contributed by atoms with E-state index in [0.717, 1.165) is 10.5 Å². The second-order valence-corrected chi connectivity index (χ2v) is 10.3. The molecular weight excluding hydrogens is 440 g/mol. The number of carbonyl (C=O) groups excluding carboxylic acids is 2. The van der Waals surface area contributed by atoms with Gasteiger partial charge in [-0.2, -0.15) is 5.26 Å². The van der Waals surface area contributed by atoms with Crippen molar-refractivity contribution in [3.8, 4) is 11.8 Å². The van der Waals surface area contributed by atoms with Gasteiger partial charge in [-0.1, -0.05) is 42.5 Å². The average molecular weight is 463 g/mol. The SMILES string of the molecule is CC1=C(C#N)C(=O)N(C2CCS(=O)(=O)C2)C(=O)C1=Cc1ccc(OCc2ccccc2)cc1. The van der Waals surface area contributed by atoms with Crippen molar-refractivity contribution in [1.29, 1.82) is 5.26 Å². The van der Waals surface area contributed by atoms with E-state index < -0.39 is 27.7 Å². The summed E-state index contributed by atoms with van der Waals surface area (Å²) >= 11 is 0. The molecule has 0 N–H and O–H groups in total. The molecule has 4 rings (SSSR count). The Bertz CT molecular complexity index is 1300. The zero-order valence-corrected chi connectivity index (χ0v) is 18.8. The first-order chi connectivity index (χ1) is 15.8. The van der Waals surface area contributed by atoms with Crippen LogP contribution in [0.15, 0.2) is 71.3 Å². The number of benzene rings is 2. The van der Waals surface area contributed by atoms with E-state index in [2.05, 4.69) is 0 Å². The highest BCUT2D eigenvalue weighted by Gasteiger charge is 2.43. The van der Waals surface area contributed by atoms with E-state index in [1.165, 1.54) is 0 Å². The standard InChI is InChI=1S/C25H22N2O5S/c1-17-22(13-18-7-9-21(10-8-18)32-15-19-5-3-2-4-6-19)24(28)27(25(29)23(17)14-26)20-11-12-33(30,31)16-20/h2-10,13,20H,11-12,15-16H2,1H3. The molecule has 8 heteroatoms. The number of ether oxygens (including phenoxy) is 1. The molecule has 0 saturated carbocycles. The second kappa shape index (κ2) is 9.04. The number of rotatable bonds is 5.